The number of hydrogen-bond acceptors (Lipinski definition) is 5. The molecular weight excluding hydrogens is 266 g/mol. The smallest absolute Gasteiger partial charge is 0.307 e. The highest BCUT2D eigenvalue weighted by Crippen LogP contribution is 2.09. The predicted molar refractivity (Wildman–Crippen MR) is 68.9 cm³/mol. The molecule has 1 amide bonds. The Morgan fingerprint density at radius 2 is 2.00 bits per heavy atom. The maximum Gasteiger partial charge on any atom is 0.307 e. The normalized spacial score (nSPS) is 10.1. The van der Waals surface area contributed by atoms with Gasteiger partial charge in [0.15, 0.2) is 5.69 Å². The number of rotatable bonds is 5. The first-order chi connectivity index (χ1) is 9.16. The Hall–Kier alpha value is -2.28. The van der Waals surface area contributed by atoms with Crippen LogP contribution in [0.2, 0.25) is 0 Å². The minimum Gasteiger partial charge on any atom is -0.481 e. The number of carboxylic acids is 1. The molecule has 0 spiro atoms. The number of carbonyl (C=O) groups is 2. The van der Waals surface area contributed by atoms with E-state index >= 15 is 0 Å². The van der Waals surface area contributed by atoms with E-state index in [1.165, 1.54) is 6.20 Å². The third-order valence-corrected chi connectivity index (χ3v) is 2.97. The molecule has 0 atom stereocenters. The average Bonchev–Trinajstić information content (AvgIpc) is 2.90. The van der Waals surface area contributed by atoms with Gasteiger partial charge in [0.2, 0.25) is 0 Å². The third-order valence-electron chi connectivity index (χ3n) is 2.49. The lowest BCUT2D eigenvalue weighted by atomic mass is 10.0. The third kappa shape index (κ3) is 3.59. The van der Waals surface area contributed by atoms with Crippen LogP contribution in [0.15, 0.2) is 30.5 Å². The molecule has 2 N–H and O–H groups in total. The van der Waals surface area contributed by atoms with Gasteiger partial charge in [-0.05, 0) is 11.1 Å². The van der Waals surface area contributed by atoms with E-state index in [1.807, 2.05) is 0 Å². The molecule has 0 aliphatic rings. The second kappa shape index (κ2) is 6.05. The summed E-state index contributed by atoms with van der Waals surface area (Å²) in [5.41, 5.74) is 1.73. The molecule has 0 aliphatic heterocycles. The summed E-state index contributed by atoms with van der Waals surface area (Å²) in [4.78, 5) is 22.4. The maximum atomic E-state index is 11.7. The van der Waals surface area contributed by atoms with Crippen LogP contribution in [0.1, 0.15) is 21.6 Å². The van der Waals surface area contributed by atoms with Crippen molar-refractivity contribution in [3.05, 3.63) is 47.3 Å². The molecule has 0 fully saturated rings. The second-order valence-corrected chi connectivity index (χ2v) is 4.37. The Morgan fingerprint density at radius 1 is 1.26 bits per heavy atom. The van der Waals surface area contributed by atoms with Crippen molar-refractivity contribution in [3.8, 4) is 0 Å². The van der Waals surface area contributed by atoms with Crippen molar-refractivity contribution < 1.29 is 14.7 Å². The fourth-order valence-corrected chi connectivity index (χ4v) is 2.01. The van der Waals surface area contributed by atoms with Crippen LogP contribution < -0.4 is 5.32 Å². The zero-order valence-electron chi connectivity index (χ0n) is 9.87. The van der Waals surface area contributed by atoms with Crippen LogP contribution >= 0.6 is 11.7 Å². The zero-order chi connectivity index (χ0) is 13.7. The van der Waals surface area contributed by atoms with Crippen molar-refractivity contribution in [1.29, 1.82) is 0 Å². The van der Waals surface area contributed by atoms with E-state index < -0.39 is 5.97 Å². The van der Waals surface area contributed by atoms with Crippen LogP contribution in [-0.4, -0.2) is 25.7 Å². The van der Waals surface area contributed by atoms with Crippen molar-refractivity contribution >= 4 is 23.6 Å². The highest BCUT2D eigenvalue weighted by atomic mass is 32.1. The predicted octanol–water partition coefficient (Wildman–Crippen LogP) is 1.10. The van der Waals surface area contributed by atoms with Gasteiger partial charge in [-0.25, -0.2) is 0 Å². The summed E-state index contributed by atoms with van der Waals surface area (Å²) in [6, 6.07) is 7.10. The molecule has 6 nitrogen and oxygen atoms in total. The van der Waals surface area contributed by atoms with Gasteiger partial charge < -0.3 is 10.4 Å². The SMILES string of the molecule is O=C(O)Cc1ccccc1CNC(=O)c1cnsn1. The first kappa shape index (κ1) is 13.2. The van der Waals surface area contributed by atoms with Gasteiger partial charge in [-0.2, -0.15) is 8.75 Å². The maximum absolute atomic E-state index is 11.7. The molecule has 7 heteroatoms. The van der Waals surface area contributed by atoms with Gasteiger partial charge in [0.25, 0.3) is 5.91 Å². The van der Waals surface area contributed by atoms with E-state index in [2.05, 4.69) is 14.1 Å². The minimum absolute atomic E-state index is 0.0652. The average molecular weight is 277 g/mol. The highest BCUT2D eigenvalue weighted by molar-refractivity contribution is 6.99. The lowest BCUT2D eigenvalue weighted by Gasteiger charge is -2.08. The van der Waals surface area contributed by atoms with Gasteiger partial charge in [-0.1, -0.05) is 24.3 Å². The standard InChI is InChI=1S/C12H11N3O3S/c16-11(17)5-8-3-1-2-4-9(8)6-13-12(18)10-7-14-19-15-10/h1-4,7H,5-6H2,(H,13,18)(H,16,17). The van der Waals surface area contributed by atoms with E-state index in [-0.39, 0.29) is 24.6 Å². The van der Waals surface area contributed by atoms with Gasteiger partial charge in [0.05, 0.1) is 24.3 Å². The fourth-order valence-electron chi connectivity index (χ4n) is 1.60. The van der Waals surface area contributed by atoms with Crippen LogP contribution in [0.25, 0.3) is 0 Å². The van der Waals surface area contributed by atoms with E-state index in [1.54, 1.807) is 24.3 Å². The molecular formula is C12H11N3O3S. The summed E-state index contributed by atoms with van der Waals surface area (Å²) in [5.74, 6) is -1.22. The molecule has 98 valence electrons. The van der Waals surface area contributed by atoms with E-state index in [0.717, 1.165) is 17.3 Å². The topological polar surface area (TPSA) is 92.2 Å². The van der Waals surface area contributed by atoms with Crippen LogP contribution in [0.5, 0.6) is 0 Å². The largest absolute Gasteiger partial charge is 0.481 e. The quantitative estimate of drug-likeness (QED) is 0.853. The van der Waals surface area contributed by atoms with Gasteiger partial charge in [0.1, 0.15) is 0 Å². The van der Waals surface area contributed by atoms with Crippen LogP contribution in [0, 0.1) is 0 Å². The van der Waals surface area contributed by atoms with Crippen molar-refractivity contribution in [3.63, 3.8) is 0 Å². The number of nitrogens with zero attached hydrogens (tertiary/aromatic N) is 2. The number of carbonyl (C=O) groups excluding carboxylic acids is 1. The number of nitrogens with one attached hydrogen (secondary N) is 1. The molecule has 1 heterocycles. The highest BCUT2D eigenvalue weighted by Gasteiger charge is 2.10. The van der Waals surface area contributed by atoms with E-state index in [4.69, 9.17) is 5.11 Å². The number of benzene rings is 1. The number of carboxylic acid groups (broad SMARTS) is 1. The summed E-state index contributed by atoms with van der Waals surface area (Å²) in [6.45, 7) is 0.264. The van der Waals surface area contributed by atoms with Crippen LogP contribution in [0.4, 0.5) is 0 Å². The number of hydrogen-bond donors (Lipinski definition) is 2. The summed E-state index contributed by atoms with van der Waals surface area (Å²) in [5, 5.41) is 11.5. The first-order valence-electron chi connectivity index (χ1n) is 5.51. The van der Waals surface area contributed by atoms with E-state index in [0.29, 0.717) is 5.56 Å². The van der Waals surface area contributed by atoms with Gasteiger partial charge in [0, 0.05) is 6.54 Å². The Morgan fingerprint density at radius 3 is 2.63 bits per heavy atom. The van der Waals surface area contributed by atoms with Crippen molar-refractivity contribution in [2.24, 2.45) is 0 Å². The van der Waals surface area contributed by atoms with Crippen LogP contribution in [-0.2, 0) is 17.8 Å². The Labute approximate surface area is 113 Å². The Kier molecular flexibility index (Phi) is 4.19. The molecule has 19 heavy (non-hydrogen) atoms. The zero-order valence-corrected chi connectivity index (χ0v) is 10.7. The number of aliphatic carboxylic acids is 1. The molecule has 0 saturated carbocycles. The molecule has 0 radical (unpaired) electrons. The monoisotopic (exact) mass is 277 g/mol. The number of aromatic nitrogens is 2. The number of amides is 1. The van der Waals surface area contributed by atoms with Crippen molar-refractivity contribution in [2.75, 3.05) is 0 Å². The molecule has 1 aromatic carbocycles. The van der Waals surface area contributed by atoms with E-state index in [9.17, 15) is 9.59 Å². The fraction of sp³-hybridized carbons (Fsp3) is 0.167. The molecule has 0 bridgehead atoms. The molecule has 2 rings (SSSR count). The van der Waals surface area contributed by atoms with Crippen molar-refractivity contribution in [2.45, 2.75) is 13.0 Å². The molecule has 1 aromatic heterocycles. The van der Waals surface area contributed by atoms with Crippen LogP contribution in [0.3, 0.4) is 0 Å². The van der Waals surface area contributed by atoms with Gasteiger partial charge in [-0.15, -0.1) is 0 Å². The first-order valence-corrected chi connectivity index (χ1v) is 6.24. The lowest BCUT2D eigenvalue weighted by molar-refractivity contribution is -0.136. The second-order valence-electron chi connectivity index (χ2n) is 3.81. The summed E-state index contributed by atoms with van der Waals surface area (Å²) < 4.78 is 7.57. The Bertz CT molecular complexity index is 584. The van der Waals surface area contributed by atoms with Gasteiger partial charge in [-0.3, -0.25) is 9.59 Å². The lowest BCUT2D eigenvalue weighted by Crippen LogP contribution is -2.23. The molecule has 0 saturated heterocycles. The summed E-state index contributed by atoms with van der Waals surface area (Å²) in [6.07, 6.45) is 1.33. The molecule has 2 aromatic rings. The summed E-state index contributed by atoms with van der Waals surface area (Å²) >= 11 is 0.963. The van der Waals surface area contributed by atoms with Crippen molar-refractivity contribution in [1.82, 2.24) is 14.1 Å². The Balaban J connectivity index is 2.03. The molecule has 0 aliphatic carbocycles. The minimum atomic E-state index is -0.900. The molecule has 0 unspecified atom stereocenters. The van der Waals surface area contributed by atoms with Gasteiger partial charge >= 0.3 is 5.97 Å². The summed E-state index contributed by atoms with van der Waals surface area (Å²) in [7, 11) is 0.